The monoisotopic (exact) mass is 448 g/mol. The lowest BCUT2D eigenvalue weighted by Crippen LogP contribution is -2.31. The van der Waals surface area contributed by atoms with Crippen LogP contribution in [0, 0.1) is 0 Å². The average molecular weight is 449 g/mol. The van der Waals surface area contributed by atoms with E-state index in [9.17, 15) is 14.7 Å². The molecule has 0 spiro atoms. The number of carboxylic acids is 1. The highest BCUT2D eigenvalue weighted by Gasteiger charge is 2.22. The minimum Gasteiger partial charge on any atom is -0.478 e. The lowest BCUT2D eigenvalue weighted by Gasteiger charge is -2.24. The van der Waals surface area contributed by atoms with E-state index in [0.717, 1.165) is 24.0 Å². The quantitative estimate of drug-likeness (QED) is 0.419. The van der Waals surface area contributed by atoms with E-state index in [1.54, 1.807) is 12.1 Å². The third-order valence-electron chi connectivity index (χ3n) is 5.83. The zero-order valence-electron chi connectivity index (χ0n) is 17.6. The molecule has 32 heavy (non-hydrogen) atoms. The molecular formula is C26H25ClN2O3. The molecule has 0 radical (unpaired) electrons. The molecule has 1 aliphatic carbocycles. The topological polar surface area (TPSA) is 78.4 Å². The largest absolute Gasteiger partial charge is 0.478 e. The van der Waals surface area contributed by atoms with E-state index in [0.29, 0.717) is 16.6 Å². The Morgan fingerprint density at radius 2 is 1.62 bits per heavy atom. The lowest BCUT2D eigenvalue weighted by molar-refractivity contribution is 0.0698. The summed E-state index contributed by atoms with van der Waals surface area (Å²) in [6.07, 6.45) is 4.76. The molecule has 3 N–H and O–H groups in total. The van der Waals surface area contributed by atoms with Crippen LogP contribution in [0.3, 0.4) is 0 Å². The number of benzene rings is 3. The number of halogens is 1. The third-order valence-corrected chi connectivity index (χ3v) is 6.07. The second-order valence-electron chi connectivity index (χ2n) is 8.07. The number of rotatable bonds is 7. The first-order chi connectivity index (χ1) is 15.5. The van der Waals surface area contributed by atoms with Gasteiger partial charge in [-0.25, -0.2) is 4.79 Å². The first-order valence-electron chi connectivity index (χ1n) is 10.8. The summed E-state index contributed by atoms with van der Waals surface area (Å²) in [7, 11) is 0. The second kappa shape index (κ2) is 9.98. The minimum absolute atomic E-state index is 0.0304. The number of amides is 1. The van der Waals surface area contributed by atoms with Crippen LogP contribution in [-0.2, 0) is 0 Å². The average Bonchev–Trinajstić information content (AvgIpc) is 3.32. The van der Waals surface area contributed by atoms with Crippen molar-refractivity contribution in [3.63, 3.8) is 0 Å². The summed E-state index contributed by atoms with van der Waals surface area (Å²) >= 11 is 5.92. The molecule has 1 atom stereocenters. The number of aromatic carboxylic acids is 1. The van der Waals surface area contributed by atoms with Gasteiger partial charge in [0.25, 0.3) is 5.91 Å². The van der Waals surface area contributed by atoms with E-state index in [1.165, 1.54) is 25.0 Å². The van der Waals surface area contributed by atoms with Crippen molar-refractivity contribution in [1.82, 2.24) is 5.32 Å². The van der Waals surface area contributed by atoms with Gasteiger partial charge in [0.1, 0.15) is 0 Å². The van der Waals surface area contributed by atoms with Crippen LogP contribution in [0.4, 0.5) is 5.69 Å². The normalized spacial score (nSPS) is 14.8. The lowest BCUT2D eigenvalue weighted by atomic mass is 9.95. The summed E-state index contributed by atoms with van der Waals surface area (Å²) in [6, 6.07) is 22.5. The van der Waals surface area contributed by atoms with Crippen LogP contribution in [0.5, 0.6) is 0 Å². The molecule has 1 aliphatic rings. The maximum Gasteiger partial charge on any atom is 0.337 e. The number of carboxylic acid groups (broad SMARTS) is 1. The van der Waals surface area contributed by atoms with E-state index in [-0.39, 0.29) is 23.2 Å². The summed E-state index contributed by atoms with van der Waals surface area (Å²) in [6.45, 7) is 0. The standard InChI is InChI=1S/C26H25ClN2O3/c27-20-13-14-23(22(16-20)26(31)32)29-25(30)19-10-6-9-18(15-19)24(17-7-2-1-3-8-17)28-21-11-4-5-12-21/h1-3,6-10,13-16,21,24,28H,4-5,11-12H2,(H,29,30)(H,31,32). The predicted molar refractivity (Wildman–Crippen MR) is 126 cm³/mol. The molecule has 1 fully saturated rings. The van der Waals surface area contributed by atoms with E-state index in [4.69, 9.17) is 11.6 Å². The first-order valence-corrected chi connectivity index (χ1v) is 11.1. The van der Waals surface area contributed by atoms with Gasteiger partial charge in [0, 0.05) is 16.6 Å². The summed E-state index contributed by atoms with van der Waals surface area (Å²) in [5, 5.41) is 16.2. The number of carbonyl (C=O) groups excluding carboxylic acids is 1. The summed E-state index contributed by atoms with van der Waals surface area (Å²) < 4.78 is 0. The summed E-state index contributed by atoms with van der Waals surface area (Å²) in [5.74, 6) is -1.52. The van der Waals surface area contributed by atoms with Gasteiger partial charge in [-0.1, -0.05) is 66.9 Å². The minimum atomic E-state index is -1.15. The van der Waals surface area contributed by atoms with Crippen LogP contribution >= 0.6 is 11.6 Å². The molecule has 1 amide bonds. The maximum atomic E-state index is 13.0. The van der Waals surface area contributed by atoms with Crippen molar-refractivity contribution in [2.45, 2.75) is 37.8 Å². The molecule has 0 aromatic heterocycles. The van der Waals surface area contributed by atoms with E-state index < -0.39 is 5.97 Å². The van der Waals surface area contributed by atoms with Gasteiger partial charge in [0.05, 0.1) is 17.3 Å². The van der Waals surface area contributed by atoms with E-state index in [1.807, 2.05) is 36.4 Å². The van der Waals surface area contributed by atoms with Crippen molar-refractivity contribution >= 4 is 29.2 Å². The maximum absolute atomic E-state index is 13.0. The highest BCUT2D eigenvalue weighted by Crippen LogP contribution is 2.28. The first kappa shape index (κ1) is 22.1. The van der Waals surface area contributed by atoms with Crippen LogP contribution < -0.4 is 10.6 Å². The molecule has 0 bridgehead atoms. The highest BCUT2D eigenvalue weighted by atomic mass is 35.5. The highest BCUT2D eigenvalue weighted by molar-refractivity contribution is 6.31. The molecule has 1 saturated carbocycles. The van der Waals surface area contributed by atoms with E-state index in [2.05, 4.69) is 22.8 Å². The molecule has 6 heteroatoms. The molecular weight excluding hydrogens is 424 g/mol. The Morgan fingerprint density at radius 1 is 0.906 bits per heavy atom. The summed E-state index contributed by atoms with van der Waals surface area (Å²) in [4.78, 5) is 24.5. The van der Waals surface area contributed by atoms with Gasteiger partial charge in [-0.15, -0.1) is 0 Å². The molecule has 164 valence electrons. The molecule has 3 aromatic rings. The van der Waals surface area contributed by atoms with Crippen molar-refractivity contribution in [3.8, 4) is 0 Å². The van der Waals surface area contributed by atoms with Gasteiger partial charge in [-0.05, 0) is 54.3 Å². The Kier molecular flexibility index (Phi) is 6.88. The van der Waals surface area contributed by atoms with Gasteiger partial charge in [-0.3, -0.25) is 4.79 Å². The Balaban J connectivity index is 1.61. The fraction of sp³-hybridized carbons (Fsp3) is 0.231. The molecule has 0 heterocycles. The zero-order valence-corrected chi connectivity index (χ0v) is 18.3. The number of carbonyl (C=O) groups is 2. The van der Waals surface area contributed by atoms with Crippen LogP contribution in [0.1, 0.15) is 63.6 Å². The Hall–Kier alpha value is -3.15. The van der Waals surface area contributed by atoms with E-state index >= 15 is 0 Å². The number of hydrogen-bond acceptors (Lipinski definition) is 3. The molecule has 1 unspecified atom stereocenters. The van der Waals surface area contributed by atoms with Crippen molar-refractivity contribution in [2.24, 2.45) is 0 Å². The number of anilines is 1. The smallest absolute Gasteiger partial charge is 0.337 e. The molecule has 4 rings (SSSR count). The van der Waals surface area contributed by atoms with Crippen LogP contribution in [0.25, 0.3) is 0 Å². The van der Waals surface area contributed by atoms with Crippen molar-refractivity contribution in [2.75, 3.05) is 5.32 Å². The fourth-order valence-corrected chi connectivity index (χ4v) is 4.39. The number of hydrogen-bond donors (Lipinski definition) is 3. The molecule has 5 nitrogen and oxygen atoms in total. The van der Waals surface area contributed by atoms with Crippen LogP contribution in [0.15, 0.2) is 72.8 Å². The fourth-order valence-electron chi connectivity index (χ4n) is 4.21. The zero-order chi connectivity index (χ0) is 22.5. The van der Waals surface area contributed by atoms with Crippen LogP contribution in [-0.4, -0.2) is 23.0 Å². The van der Waals surface area contributed by atoms with Gasteiger partial charge >= 0.3 is 5.97 Å². The number of nitrogens with one attached hydrogen (secondary N) is 2. The van der Waals surface area contributed by atoms with Gasteiger partial charge in [-0.2, -0.15) is 0 Å². The SMILES string of the molecule is O=C(Nc1ccc(Cl)cc1C(=O)O)c1cccc(C(NC2CCCC2)c2ccccc2)c1. The molecule has 3 aromatic carbocycles. The second-order valence-corrected chi connectivity index (χ2v) is 8.50. The van der Waals surface area contributed by atoms with Crippen molar-refractivity contribution in [3.05, 3.63) is 100 Å². The van der Waals surface area contributed by atoms with Crippen molar-refractivity contribution < 1.29 is 14.7 Å². The summed E-state index contributed by atoms with van der Waals surface area (Å²) in [5.41, 5.74) is 2.75. The molecule has 0 aliphatic heterocycles. The molecule has 0 saturated heterocycles. The van der Waals surface area contributed by atoms with Gasteiger partial charge in [0.2, 0.25) is 0 Å². The Labute approximate surface area is 192 Å². The Bertz CT molecular complexity index is 1110. The Morgan fingerprint density at radius 3 is 2.34 bits per heavy atom. The predicted octanol–water partition coefficient (Wildman–Crippen LogP) is 5.91. The van der Waals surface area contributed by atoms with Gasteiger partial charge in [0.15, 0.2) is 0 Å². The van der Waals surface area contributed by atoms with Crippen LogP contribution in [0.2, 0.25) is 5.02 Å². The van der Waals surface area contributed by atoms with Gasteiger partial charge < -0.3 is 15.7 Å². The van der Waals surface area contributed by atoms with Crippen molar-refractivity contribution in [1.29, 1.82) is 0 Å². The third kappa shape index (κ3) is 5.18.